The number of hydrogen-bond acceptors (Lipinski definition) is 9. The number of aromatic nitrogens is 4. The number of carbonyl (C=O) groups excluding carboxylic acids is 1. The third-order valence-electron chi connectivity index (χ3n) is 5.06. The van der Waals surface area contributed by atoms with Crippen LogP contribution in [0.3, 0.4) is 0 Å². The minimum absolute atomic E-state index is 0.0290. The lowest BCUT2D eigenvalue weighted by Gasteiger charge is -2.29. The molecule has 12 heteroatoms. The van der Waals surface area contributed by atoms with E-state index in [0.29, 0.717) is 24.5 Å². The van der Waals surface area contributed by atoms with Crippen LogP contribution in [0, 0.1) is 12.8 Å². The van der Waals surface area contributed by atoms with Gasteiger partial charge in [-0.05, 0) is 31.2 Å². The summed E-state index contributed by atoms with van der Waals surface area (Å²) in [6.45, 7) is 2.11. The molecule has 3 aromatic rings. The minimum Gasteiger partial charge on any atom is -0.455 e. The van der Waals surface area contributed by atoms with E-state index in [0.717, 1.165) is 5.56 Å². The number of hydrogen-bond donors (Lipinski definition) is 0. The number of aryl methyl sites for hydroxylation is 2. The Hall–Kier alpha value is -2.57. The first-order valence-corrected chi connectivity index (χ1v) is 11.7. The van der Waals surface area contributed by atoms with Crippen LogP contribution in [0.5, 0.6) is 0 Å². The molecule has 0 aliphatic carbocycles. The summed E-state index contributed by atoms with van der Waals surface area (Å²) < 4.78 is 38.9. The molecule has 4 rings (SSSR count). The van der Waals surface area contributed by atoms with E-state index in [9.17, 15) is 13.2 Å². The lowest BCUT2D eigenvalue weighted by atomic mass is 9.98. The van der Waals surface area contributed by atoms with Crippen molar-refractivity contribution in [1.82, 2.24) is 24.0 Å². The zero-order valence-electron chi connectivity index (χ0n) is 16.5. The van der Waals surface area contributed by atoms with Gasteiger partial charge in [0.25, 0.3) is 15.9 Å². The van der Waals surface area contributed by atoms with Gasteiger partial charge in [-0.2, -0.15) is 20.6 Å². The average molecular weight is 452 g/mol. The summed E-state index contributed by atoms with van der Waals surface area (Å²) in [5.41, 5.74) is 0.845. The van der Waals surface area contributed by atoms with Crippen LogP contribution in [0.4, 0.5) is 0 Å². The van der Waals surface area contributed by atoms with Crippen molar-refractivity contribution in [2.75, 3.05) is 13.1 Å². The maximum absolute atomic E-state index is 12.7. The van der Waals surface area contributed by atoms with Crippen LogP contribution in [-0.2, 0) is 33.2 Å². The number of carbonyl (C=O) groups is 1. The molecular formula is C18H21N5O5S2. The molecule has 0 bridgehead atoms. The highest BCUT2D eigenvalue weighted by Gasteiger charge is 2.34. The Balaban J connectivity index is 1.30. The summed E-state index contributed by atoms with van der Waals surface area (Å²) in [7, 11) is -1.92. The zero-order chi connectivity index (χ0) is 21.3. The molecule has 0 saturated carbocycles. The SMILES string of the molecule is Cc1nc(S(=O)(=O)N2CCC(C(=O)OCc3nc(-c4ccsc4)no3)CC2)cn1C. The molecule has 0 radical (unpaired) electrons. The summed E-state index contributed by atoms with van der Waals surface area (Å²) in [4.78, 5) is 20.7. The molecule has 0 atom stereocenters. The molecule has 0 unspecified atom stereocenters. The van der Waals surface area contributed by atoms with Gasteiger partial charge in [0.15, 0.2) is 11.6 Å². The van der Waals surface area contributed by atoms with Gasteiger partial charge in [0.2, 0.25) is 5.82 Å². The van der Waals surface area contributed by atoms with Crippen molar-refractivity contribution >= 4 is 27.3 Å². The predicted octanol–water partition coefficient (Wildman–Crippen LogP) is 1.98. The Labute approximate surface area is 177 Å². The normalized spacial score (nSPS) is 16.1. The van der Waals surface area contributed by atoms with Crippen molar-refractivity contribution in [3.05, 3.63) is 34.7 Å². The molecule has 160 valence electrons. The van der Waals surface area contributed by atoms with E-state index in [-0.39, 0.29) is 36.5 Å². The molecule has 4 heterocycles. The molecule has 0 aromatic carbocycles. The number of imidazole rings is 1. The number of nitrogens with zero attached hydrogens (tertiary/aromatic N) is 5. The third-order valence-corrected chi connectivity index (χ3v) is 7.52. The van der Waals surface area contributed by atoms with E-state index in [2.05, 4.69) is 15.1 Å². The number of piperidine rings is 1. The van der Waals surface area contributed by atoms with Crippen LogP contribution in [0.1, 0.15) is 24.6 Å². The Morgan fingerprint density at radius 3 is 2.73 bits per heavy atom. The second-order valence-corrected chi connectivity index (χ2v) is 9.71. The van der Waals surface area contributed by atoms with Crippen molar-refractivity contribution < 1.29 is 22.5 Å². The fourth-order valence-electron chi connectivity index (χ4n) is 3.19. The summed E-state index contributed by atoms with van der Waals surface area (Å²) >= 11 is 1.52. The quantitative estimate of drug-likeness (QED) is 0.522. The van der Waals surface area contributed by atoms with E-state index in [1.807, 2.05) is 16.8 Å². The molecule has 10 nitrogen and oxygen atoms in total. The molecule has 0 amide bonds. The molecule has 1 aliphatic rings. The first-order valence-electron chi connectivity index (χ1n) is 9.36. The number of thiophene rings is 1. The number of sulfonamides is 1. The topological polar surface area (TPSA) is 120 Å². The first-order chi connectivity index (χ1) is 14.3. The largest absolute Gasteiger partial charge is 0.455 e. The average Bonchev–Trinajstić information content (AvgIpc) is 3.48. The zero-order valence-corrected chi connectivity index (χ0v) is 18.1. The van der Waals surface area contributed by atoms with E-state index in [1.165, 1.54) is 21.8 Å². The molecule has 30 heavy (non-hydrogen) atoms. The monoisotopic (exact) mass is 451 g/mol. The predicted molar refractivity (Wildman–Crippen MR) is 107 cm³/mol. The highest BCUT2D eigenvalue weighted by atomic mass is 32.2. The Morgan fingerprint density at radius 1 is 1.33 bits per heavy atom. The van der Waals surface area contributed by atoms with Gasteiger partial charge in [0, 0.05) is 37.3 Å². The second-order valence-electron chi connectivity index (χ2n) is 7.05. The number of rotatable bonds is 6. The van der Waals surface area contributed by atoms with Gasteiger partial charge < -0.3 is 13.8 Å². The van der Waals surface area contributed by atoms with Gasteiger partial charge in [0.1, 0.15) is 5.82 Å². The van der Waals surface area contributed by atoms with E-state index >= 15 is 0 Å². The smallest absolute Gasteiger partial charge is 0.309 e. The third kappa shape index (κ3) is 4.16. The van der Waals surface area contributed by atoms with Crippen molar-refractivity contribution in [2.45, 2.75) is 31.4 Å². The van der Waals surface area contributed by atoms with Gasteiger partial charge in [-0.1, -0.05) is 5.16 Å². The van der Waals surface area contributed by atoms with Crippen LogP contribution >= 0.6 is 11.3 Å². The van der Waals surface area contributed by atoms with Gasteiger partial charge in [-0.25, -0.2) is 13.4 Å². The van der Waals surface area contributed by atoms with Crippen molar-refractivity contribution in [2.24, 2.45) is 13.0 Å². The minimum atomic E-state index is -3.67. The molecule has 1 fully saturated rings. The lowest BCUT2D eigenvalue weighted by Crippen LogP contribution is -2.40. The molecule has 1 aliphatic heterocycles. The van der Waals surface area contributed by atoms with Gasteiger partial charge in [-0.15, -0.1) is 0 Å². The second kappa shape index (κ2) is 8.28. The Kier molecular flexibility index (Phi) is 5.71. The van der Waals surface area contributed by atoms with Crippen molar-refractivity contribution in [3.63, 3.8) is 0 Å². The number of esters is 1. The summed E-state index contributed by atoms with van der Waals surface area (Å²) in [5.74, 6) is 0.521. The van der Waals surface area contributed by atoms with E-state index in [4.69, 9.17) is 9.26 Å². The van der Waals surface area contributed by atoms with Crippen LogP contribution in [0.15, 0.2) is 32.6 Å². The maximum atomic E-state index is 12.7. The fourth-order valence-corrected chi connectivity index (χ4v) is 5.32. The van der Waals surface area contributed by atoms with E-state index in [1.54, 1.807) is 18.5 Å². The Bertz CT molecular complexity index is 1110. The van der Waals surface area contributed by atoms with Crippen LogP contribution in [0.25, 0.3) is 11.4 Å². The summed E-state index contributed by atoms with van der Waals surface area (Å²) in [6.07, 6.45) is 2.27. The molecule has 0 N–H and O–H groups in total. The van der Waals surface area contributed by atoms with Gasteiger partial charge in [-0.3, -0.25) is 4.79 Å². The standard InChI is InChI=1S/C18H21N5O5S2/c1-12-19-16(9-22(12)2)30(25,26)23-6-3-13(4-7-23)18(24)27-10-15-20-17(21-28-15)14-5-8-29-11-14/h5,8-9,11,13H,3-4,6-7,10H2,1-2H3. The molecule has 0 spiro atoms. The van der Waals surface area contributed by atoms with Crippen LogP contribution < -0.4 is 0 Å². The molecular weight excluding hydrogens is 430 g/mol. The van der Waals surface area contributed by atoms with Gasteiger partial charge in [0.05, 0.1) is 5.92 Å². The number of ether oxygens (including phenoxy) is 1. The maximum Gasteiger partial charge on any atom is 0.309 e. The van der Waals surface area contributed by atoms with Gasteiger partial charge >= 0.3 is 5.97 Å². The van der Waals surface area contributed by atoms with Crippen LogP contribution in [-0.4, -0.2) is 51.5 Å². The van der Waals surface area contributed by atoms with Crippen molar-refractivity contribution in [3.8, 4) is 11.4 Å². The van der Waals surface area contributed by atoms with Crippen LogP contribution in [0.2, 0.25) is 0 Å². The Morgan fingerprint density at radius 2 is 2.10 bits per heavy atom. The highest BCUT2D eigenvalue weighted by Crippen LogP contribution is 2.25. The summed E-state index contributed by atoms with van der Waals surface area (Å²) in [5, 5.41) is 7.71. The fraction of sp³-hybridized carbons (Fsp3) is 0.444. The first kappa shape index (κ1) is 20.7. The lowest BCUT2D eigenvalue weighted by molar-refractivity contribution is -0.152. The highest BCUT2D eigenvalue weighted by molar-refractivity contribution is 7.89. The molecule has 3 aromatic heterocycles. The van der Waals surface area contributed by atoms with Crippen molar-refractivity contribution in [1.29, 1.82) is 0 Å². The van der Waals surface area contributed by atoms with E-state index < -0.39 is 16.0 Å². The summed E-state index contributed by atoms with van der Waals surface area (Å²) in [6, 6.07) is 1.87. The molecule has 1 saturated heterocycles.